The van der Waals surface area contributed by atoms with Crippen LogP contribution in [-0.2, 0) is 9.53 Å². The number of hydrogen-bond acceptors (Lipinski definition) is 2. The highest BCUT2D eigenvalue weighted by Gasteiger charge is 2.02. The Morgan fingerprint density at radius 3 is 2.64 bits per heavy atom. The molecule has 0 bridgehead atoms. The summed E-state index contributed by atoms with van der Waals surface area (Å²) >= 11 is 5.57. The van der Waals surface area contributed by atoms with Crippen LogP contribution in [-0.4, -0.2) is 12.6 Å². The van der Waals surface area contributed by atoms with Crippen molar-refractivity contribution in [1.29, 1.82) is 0 Å². The maximum absolute atomic E-state index is 10.8. The van der Waals surface area contributed by atoms with E-state index < -0.39 is 5.97 Å². The molecule has 0 aromatic heterocycles. The van der Waals surface area contributed by atoms with E-state index in [2.05, 4.69) is 6.58 Å². The van der Waals surface area contributed by atoms with Gasteiger partial charge in [-0.2, -0.15) is 0 Å². The molecule has 0 atom stereocenters. The predicted molar refractivity (Wildman–Crippen MR) is 45.4 cm³/mol. The second kappa shape index (κ2) is 4.97. The van der Waals surface area contributed by atoms with Crippen molar-refractivity contribution >= 4 is 17.6 Å². The van der Waals surface area contributed by atoms with E-state index in [4.69, 9.17) is 16.3 Å². The molecular weight excluding hydrogens is 164 g/mol. The molecule has 0 N–H and O–H groups in total. The van der Waals surface area contributed by atoms with Gasteiger partial charge < -0.3 is 4.74 Å². The zero-order valence-electron chi connectivity index (χ0n) is 6.69. The largest absolute Gasteiger partial charge is 0.457 e. The highest BCUT2D eigenvalue weighted by Crippen LogP contribution is 2.02. The Labute approximate surface area is 71.5 Å². The highest BCUT2D eigenvalue weighted by molar-refractivity contribution is 6.29. The number of carbonyl (C=O) groups excluding carboxylic acids is 1. The molecule has 0 spiro atoms. The third kappa shape index (κ3) is 4.62. The van der Waals surface area contributed by atoms with E-state index in [9.17, 15) is 4.79 Å². The standard InChI is InChI=1S/C8H11ClO2/c1-4-7(9)5-11-8(10)6(2)3/h4H,2,5H2,1,3H3/b7-4-. The minimum absolute atomic E-state index is 0.129. The summed E-state index contributed by atoms with van der Waals surface area (Å²) in [4.78, 5) is 10.8. The molecule has 0 aliphatic rings. The molecule has 0 heterocycles. The lowest BCUT2D eigenvalue weighted by Gasteiger charge is -2.01. The normalized spacial score (nSPS) is 11.0. The summed E-state index contributed by atoms with van der Waals surface area (Å²) < 4.78 is 4.72. The van der Waals surface area contributed by atoms with Gasteiger partial charge in [0.25, 0.3) is 0 Å². The van der Waals surface area contributed by atoms with E-state index in [1.54, 1.807) is 19.9 Å². The van der Waals surface area contributed by atoms with E-state index in [0.29, 0.717) is 10.6 Å². The number of ether oxygens (including phenoxy) is 1. The Bertz CT molecular complexity index is 194. The molecular formula is C8H11ClO2. The Kier molecular flexibility index (Phi) is 4.62. The third-order valence-corrected chi connectivity index (χ3v) is 1.33. The van der Waals surface area contributed by atoms with Crippen molar-refractivity contribution in [3.8, 4) is 0 Å². The van der Waals surface area contributed by atoms with Gasteiger partial charge in [0.1, 0.15) is 6.61 Å². The number of carbonyl (C=O) groups is 1. The molecule has 0 saturated carbocycles. The first-order valence-corrected chi connectivity index (χ1v) is 3.59. The molecule has 0 fully saturated rings. The number of allylic oxidation sites excluding steroid dienone is 1. The number of halogens is 1. The van der Waals surface area contributed by atoms with Crippen LogP contribution in [0.25, 0.3) is 0 Å². The van der Waals surface area contributed by atoms with Gasteiger partial charge in [0.05, 0.1) is 5.03 Å². The lowest BCUT2D eigenvalue weighted by Crippen LogP contribution is -2.05. The van der Waals surface area contributed by atoms with Crippen molar-refractivity contribution in [2.45, 2.75) is 13.8 Å². The van der Waals surface area contributed by atoms with E-state index in [1.807, 2.05) is 0 Å². The van der Waals surface area contributed by atoms with Gasteiger partial charge in [0, 0.05) is 5.57 Å². The molecule has 3 heteroatoms. The van der Waals surface area contributed by atoms with E-state index in [-0.39, 0.29) is 6.61 Å². The van der Waals surface area contributed by atoms with Crippen LogP contribution in [0, 0.1) is 0 Å². The molecule has 11 heavy (non-hydrogen) atoms. The smallest absolute Gasteiger partial charge is 0.333 e. The van der Waals surface area contributed by atoms with Gasteiger partial charge in [-0.3, -0.25) is 0 Å². The lowest BCUT2D eigenvalue weighted by atomic mass is 10.4. The maximum atomic E-state index is 10.8. The Morgan fingerprint density at radius 2 is 2.27 bits per heavy atom. The van der Waals surface area contributed by atoms with E-state index in [0.717, 1.165) is 0 Å². The van der Waals surface area contributed by atoms with Crippen molar-refractivity contribution in [3.05, 3.63) is 23.3 Å². The van der Waals surface area contributed by atoms with Crippen molar-refractivity contribution in [2.24, 2.45) is 0 Å². The summed E-state index contributed by atoms with van der Waals surface area (Å²) in [6.07, 6.45) is 1.67. The zero-order chi connectivity index (χ0) is 8.85. The molecule has 0 aliphatic carbocycles. The quantitative estimate of drug-likeness (QED) is 0.485. The molecule has 0 rings (SSSR count). The van der Waals surface area contributed by atoms with Crippen LogP contribution in [0.5, 0.6) is 0 Å². The monoisotopic (exact) mass is 174 g/mol. The first kappa shape index (κ1) is 10.2. The van der Waals surface area contributed by atoms with Gasteiger partial charge in [-0.05, 0) is 13.8 Å². The minimum atomic E-state index is -0.412. The predicted octanol–water partition coefficient (Wildman–Crippen LogP) is 2.25. The summed E-state index contributed by atoms with van der Waals surface area (Å²) in [6, 6.07) is 0. The van der Waals surface area contributed by atoms with Gasteiger partial charge in [-0.1, -0.05) is 24.3 Å². The van der Waals surface area contributed by atoms with Crippen LogP contribution in [0.3, 0.4) is 0 Å². The number of esters is 1. The van der Waals surface area contributed by atoms with Crippen LogP contribution in [0.1, 0.15) is 13.8 Å². The van der Waals surface area contributed by atoms with E-state index in [1.165, 1.54) is 0 Å². The molecule has 0 amide bonds. The first-order chi connectivity index (χ1) is 5.07. The van der Waals surface area contributed by atoms with Crippen LogP contribution >= 0.6 is 11.6 Å². The molecule has 0 radical (unpaired) electrons. The summed E-state index contributed by atoms with van der Waals surface area (Å²) in [5.41, 5.74) is 0.380. The molecule has 0 unspecified atom stereocenters. The van der Waals surface area contributed by atoms with Crippen molar-refractivity contribution in [3.63, 3.8) is 0 Å². The van der Waals surface area contributed by atoms with Gasteiger partial charge in [-0.25, -0.2) is 4.79 Å². The van der Waals surface area contributed by atoms with Gasteiger partial charge in [0.15, 0.2) is 0 Å². The van der Waals surface area contributed by atoms with Crippen molar-refractivity contribution in [1.82, 2.24) is 0 Å². The SMILES string of the molecule is C=C(C)C(=O)OC/C(Cl)=C/C. The van der Waals surface area contributed by atoms with Gasteiger partial charge >= 0.3 is 5.97 Å². The molecule has 62 valence electrons. The van der Waals surface area contributed by atoms with Crippen LogP contribution < -0.4 is 0 Å². The van der Waals surface area contributed by atoms with Crippen molar-refractivity contribution in [2.75, 3.05) is 6.61 Å². The Hall–Kier alpha value is -0.760. The fraction of sp³-hybridized carbons (Fsp3) is 0.375. The average molecular weight is 175 g/mol. The highest BCUT2D eigenvalue weighted by atomic mass is 35.5. The zero-order valence-corrected chi connectivity index (χ0v) is 7.44. The van der Waals surface area contributed by atoms with Gasteiger partial charge in [0.2, 0.25) is 0 Å². The van der Waals surface area contributed by atoms with E-state index >= 15 is 0 Å². The summed E-state index contributed by atoms with van der Waals surface area (Å²) in [5.74, 6) is -0.412. The minimum Gasteiger partial charge on any atom is -0.457 e. The first-order valence-electron chi connectivity index (χ1n) is 3.21. The molecule has 2 nitrogen and oxygen atoms in total. The second-order valence-corrected chi connectivity index (χ2v) is 2.58. The topological polar surface area (TPSA) is 26.3 Å². The average Bonchev–Trinajstić information content (AvgIpc) is 1.99. The number of rotatable bonds is 3. The molecule has 0 aliphatic heterocycles. The lowest BCUT2D eigenvalue weighted by molar-refractivity contribution is -0.137. The summed E-state index contributed by atoms with van der Waals surface area (Å²) in [6.45, 7) is 6.91. The Balaban J connectivity index is 3.72. The third-order valence-electron chi connectivity index (χ3n) is 1.00. The van der Waals surface area contributed by atoms with Crippen LogP contribution in [0.4, 0.5) is 0 Å². The number of hydrogen-bond donors (Lipinski definition) is 0. The summed E-state index contributed by atoms with van der Waals surface area (Å²) in [5, 5.41) is 0.514. The fourth-order valence-electron chi connectivity index (χ4n) is 0.341. The molecule has 0 aromatic rings. The molecule has 0 saturated heterocycles. The Morgan fingerprint density at radius 1 is 1.73 bits per heavy atom. The van der Waals surface area contributed by atoms with Crippen LogP contribution in [0.15, 0.2) is 23.3 Å². The van der Waals surface area contributed by atoms with Gasteiger partial charge in [-0.15, -0.1) is 0 Å². The molecule has 0 aromatic carbocycles. The summed E-state index contributed by atoms with van der Waals surface area (Å²) in [7, 11) is 0. The van der Waals surface area contributed by atoms with Crippen molar-refractivity contribution < 1.29 is 9.53 Å². The fourth-order valence-corrected chi connectivity index (χ4v) is 0.396. The van der Waals surface area contributed by atoms with Crippen LogP contribution in [0.2, 0.25) is 0 Å². The second-order valence-electron chi connectivity index (χ2n) is 2.09. The maximum Gasteiger partial charge on any atom is 0.333 e.